The van der Waals surface area contributed by atoms with Gasteiger partial charge in [0.1, 0.15) is 0 Å². The molecule has 0 radical (unpaired) electrons. The molecule has 0 amide bonds. The summed E-state index contributed by atoms with van der Waals surface area (Å²) in [6, 6.07) is 3.83. The van der Waals surface area contributed by atoms with E-state index in [1.165, 1.54) is 0 Å². The molecule has 1 aromatic rings. The van der Waals surface area contributed by atoms with Crippen LogP contribution in [0.2, 0.25) is 0 Å². The van der Waals surface area contributed by atoms with Crippen molar-refractivity contribution in [2.75, 3.05) is 7.05 Å². The van der Waals surface area contributed by atoms with Gasteiger partial charge in [-0.2, -0.15) is 4.31 Å². The van der Waals surface area contributed by atoms with E-state index in [9.17, 15) is 8.42 Å². The van der Waals surface area contributed by atoms with Crippen molar-refractivity contribution in [2.24, 2.45) is 5.73 Å². The minimum absolute atomic E-state index is 0.140. The quantitative estimate of drug-likeness (QED) is 0.927. The molecule has 0 bridgehead atoms. The summed E-state index contributed by atoms with van der Waals surface area (Å²) in [6.07, 6.45) is 4.16. The molecule has 1 aliphatic carbocycles. The van der Waals surface area contributed by atoms with E-state index in [-0.39, 0.29) is 6.04 Å². The fourth-order valence-electron chi connectivity index (χ4n) is 2.90. The number of hydrogen-bond acceptors (Lipinski definition) is 3. The second-order valence-electron chi connectivity index (χ2n) is 5.70. The fraction of sp³-hybridized carbons (Fsp3) is 0.600. The van der Waals surface area contributed by atoms with Crippen LogP contribution in [0.15, 0.2) is 17.0 Å². The molecule has 0 heterocycles. The number of hydrogen-bond donors (Lipinski definition) is 1. The fourth-order valence-corrected chi connectivity index (χ4v) is 4.67. The molecule has 5 heteroatoms. The van der Waals surface area contributed by atoms with Crippen LogP contribution in [0.25, 0.3) is 0 Å². The van der Waals surface area contributed by atoms with Crippen LogP contribution < -0.4 is 5.73 Å². The first-order valence-electron chi connectivity index (χ1n) is 7.16. The van der Waals surface area contributed by atoms with Gasteiger partial charge in [0.15, 0.2) is 0 Å². The Kier molecular flexibility index (Phi) is 4.52. The number of rotatable bonds is 4. The Hall–Kier alpha value is -0.910. The van der Waals surface area contributed by atoms with Gasteiger partial charge in [-0.1, -0.05) is 18.9 Å². The van der Waals surface area contributed by atoms with Crippen LogP contribution >= 0.6 is 0 Å². The molecule has 0 unspecified atom stereocenters. The van der Waals surface area contributed by atoms with Gasteiger partial charge in [-0.15, -0.1) is 0 Å². The van der Waals surface area contributed by atoms with Crippen molar-refractivity contribution < 1.29 is 8.42 Å². The van der Waals surface area contributed by atoms with Gasteiger partial charge in [0.05, 0.1) is 4.90 Å². The summed E-state index contributed by atoms with van der Waals surface area (Å²) in [6.45, 7) is 4.16. The smallest absolute Gasteiger partial charge is 0.243 e. The maximum Gasteiger partial charge on any atom is 0.243 e. The summed E-state index contributed by atoms with van der Waals surface area (Å²) < 4.78 is 27.2. The highest BCUT2D eigenvalue weighted by molar-refractivity contribution is 7.89. The highest BCUT2D eigenvalue weighted by atomic mass is 32.2. The molecule has 0 aliphatic heterocycles. The molecular formula is C15H24N2O2S. The second-order valence-corrected chi connectivity index (χ2v) is 7.67. The standard InChI is InChI=1S/C15H24N2O2S/c1-11-8-13(10-16)9-15(12(11)2)20(18,19)17(3)14-6-4-5-7-14/h8-9,14H,4-7,10,16H2,1-3H3. The van der Waals surface area contributed by atoms with Gasteiger partial charge >= 0.3 is 0 Å². The lowest BCUT2D eigenvalue weighted by Gasteiger charge is -2.25. The first-order chi connectivity index (χ1) is 9.37. The molecule has 2 N–H and O–H groups in total. The molecule has 0 atom stereocenters. The second kappa shape index (κ2) is 5.84. The Labute approximate surface area is 122 Å². The summed E-state index contributed by atoms with van der Waals surface area (Å²) in [7, 11) is -1.73. The van der Waals surface area contributed by atoms with Crippen molar-refractivity contribution >= 4 is 10.0 Å². The lowest BCUT2D eigenvalue weighted by molar-refractivity contribution is 0.372. The molecule has 0 spiro atoms. The Bertz CT molecular complexity index is 590. The van der Waals surface area contributed by atoms with Crippen LogP contribution in [0.4, 0.5) is 0 Å². The van der Waals surface area contributed by atoms with Crippen LogP contribution in [0.1, 0.15) is 42.4 Å². The molecular weight excluding hydrogens is 272 g/mol. The van der Waals surface area contributed by atoms with Crippen molar-refractivity contribution in [3.63, 3.8) is 0 Å². The molecule has 1 aromatic carbocycles. The van der Waals surface area contributed by atoms with E-state index < -0.39 is 10.0 Å². The molecule has 0 aromatic heterocycles. The molecule has 112 valence electrons. The van der Waals surface area contributed by atoms with Crippen LogP contribution in [0.3, 0.4) is 0 Å². The topological polar surface area (TPSA) is 63.4 Å². The van der Waals surface area contributed by atoms with Gasteiger partial charge in [-0.25, -0.2) is 8.42 Å². The molecule has 4 nitrogen and oxygen atoms in total. The molecule has 1 fully saturated rings. The third-order valence-corrected chi connectivity index (χ3v) is 6.45. The molecule has 20 heavy (non-hydrogen) atoms. The zero-order valence-corrected chi connectivity index (χ0v) is 13.3. The van der Waals surface area contributed by atoms with E-state index in [2.05, 4.69) is 0 Å². The van der Waals surface area contributed by atoms with E-state index in [1.54, 1.807) is 17.4 Å². The Balaban J connectivity index is 2.45. The normalized spacial score (nSPS) is 17.1. The number of nitrogens with zero attached hydrogens (tertiary/aromatic N) is 1. The zero-order chi connectivity index (χ0) is 14.9. The van der Waals surface area contributed by atoms with Gasteiger partial charge in [-0.3, -0.25) is 0 Å². The van der Waals surface area contributed by atoms with Crippen LogP contribution in [0, 0.1) is 13.8 Å². The molecule has 1 saturated carbocycles. The Morgan fingerprint density at radius 1 is 1.25 bits per heavy atom. The molecule has 0 saturated heterocycles. The Morgan fingerprint density at radius 3 is 2.40 bits per heavy atom. The van der Waals surface area contributed by atoms with Crippen molar-refractivity contribution in [3.05, 3.63) is 28.8 Å². The predicted octanol–water partition coefficient (Wildman–Crippen LogP) is 2.33. The van der Waals surface area contributed by atoms with Gasteiger partial charge in [0, 0.05) is 19.6 Å². The van der Waals surface area contributed by atoms with Gasteiger partial charge in [-0.05, 0) is 49.4 Å². The highest BCUT2D eigenvalue weighted by Gasteiger charge is 2.31. The van der Waals surface area contributed by atoms with Crippen molar-refractivity contribution in [3.8, 4) is 0 Å². The first kappa shape index (κ1) is 15.5. The average Bonchev–Trinajstić information content (AvgIpc) is 2.94. The van der Waals surface area contributed by atoms with Crippen LogP contribution in [0.5, 0.6) is 0 Å². The first-order valence-corrected chi connectivity index (χ1v) is 8.60. The summed E-state index contributed by atoms with van der Waals surface area (Å²) >= 11 is 0. The lowest BCUT2D eigenvalue weighted by atomic mass is 10.1. The maximum atomic E-state index is 12.8. The lowest BCUT2D eigenvalue weighted by Crippen LogP contribution is -2.35. The minimum Gasteiger partial charge on any atom is -0.326 e. The third kappa shape index (κ3) is 2.75. The largest absolute Gasteiger partial charge is 0.326 e. The number of aryl methyl sites for hydroxylation is 1. The van der Waals surface area contributed by atoms with E-state index in [0.29, 0.717) is 11.4 Å². The SMILES string of the molecule is Cc1cc(CN)cc(S(=O)(=O)N(C)C2CCCC2)c1C. The number of sulfonamides is 1. The minimum atomic E-state index is -3.43. The van der Waals surface area contributed by atoms with Gasteiger partial charge in [0.2, 0.25) is 10.0 Å². The van der Waals surface area contributed by atoms with Crippen LogP contribution in [-0.4, -0.2) is 25.8 Å². The van der Waals surface area contributed by atoms with Crippen molar-refractivity contribution in [2.45, 2.75) is 57.0 Å². The van der Waals surface area contributed by atoms with E-state index in [0.717, 1.165) is 42.4 Å². The summed E-state index contributed by atoms with van der Waals surface area (Å²) in [5, 5.41) is 0. The van der Waals surface area contributed by atoms with E-state index in [4.69, 9.17) is 5.73 Å². The predicted molar refractivity (Wildman–Crippen MR) is 81.0 cm³/mol. The average molecular weight is 296 g/mol. The Morgan fingerprint density at radius 2 is 1.85 bits per heavy atom. The number of benzene rings is 1. The summed E-state index contributed by atoms with van der Waals surface area (Å²) in [5.41, 5.74) is 8.34. The highest BCUT2D eigenvalue weighted by Crippen LogP contribution is 2.29. The monoisotopic (exact) mass is 296 g/mol. The van der Waals surface area contributed by atoms with Crippen LogP contribution in [-0.2, 0) is 16.6 Å². The van der Waals surface area contributed by atoms with Gasteiger partial charge in [0.25, 0.3) is 0 Å². The van der Waals surface area contributed by atoms with E-state index >= 15 is 0 Å². The number of nitrogens with two attached hydrogens (primary N) is 1. The van der Waals surface area contributed by atoms with Crippen molar-refractivity contribution in [1.82, 2.24) is 4.31 Å². The molecule has 1 aliphatic rings. The molecule has 2 rings (SSSR count). The third-order valence-electron chi connectivity index (χ3n) is 4.41. The van der Waals surface area contributed by atoms with Crippen molar-refractivity contribution in [1.29, 1.82) is 0 Å². The maximum absolute atomic E-state index is 12.8. The summed E-state index contributed by atoms with van der Waals surface area (Å²) in [4.78, 5) is 0.410. The van der Waals surface area contributed by atoms with E-state index in [1.807, 2.05) is 19.9 Å². The van der Waals surface area contributed by atoms with Gasteiger partial charge < -0.3 is 5.73 Å². The zero-order valence-electron chi connectivity index (χ0n) is 12.5. The summed E-state index contributed by atoms with van der Waals surface area (Å²) in [5.74, 6) is 0.